The number of phenolic OH excluding ortho intramolecular Hbond substituents is 1. The van der Waals surface area contributed by atoms with Crippen LogP contribution in [0.15, 0.2) is 17.9 Å². The van der Waals surface area contributed by atoms with Crippen molar-refractivity contribution in [3.8, 4) is 11.5 Å². The zero-order valence-corrected chi connectivity index (χ0v) is 10.9. The van der Waals surface area contributed by atoms with Gasteiger partial charge in [0.05, 0.1) is 19.8 Å². The molecule has 1 aliphatic carbocycles. The van der Waals surface area contributed by atoms with Gasteiger partial charge in [-0.05, 0) is 12.5 Å². The number of ketones is 2. The molecular weight excluding hydrogens is 248 g/mol. The minimum absolute atomic E-state index is 0.0171. The van der Waals surface area contributed by atoms with Crippen LogP contribution in [0, 0.1) is 0 Å². The number of aromatic hydroxyl groups is 1. The van der Waals surface area contributed by atoms with Crippen LogP contribution >= 0.6 is 0 Å². The SMILES string of the molecule is CCc1c(OC)cc2c(c1O)C(=O)C=C(OC)C2=O. The van der Waals surface area contributed by atoms with E-state index in [0.717, 1.165) is 6.08 Å². The number of allylic oxidation sites excluding steroid dienone is 2. The van der Waals surface area contributed by atoms with Crippen molar-refractivity contribution in [2.75, 3.05) is 14.2 Å². The minimum atomic E-state index is -0.443. The molecule has 5 nitrogen and oxygen atoms in total. The van der Waals surface area contributed by atoms with Crippen molar-refractivity contribution < 1.29 is 24.2 Å². The zero-order valence-electron chi connectivity index (χ0n) is 10.9. The number of phenols is 1. The molecule has 0 atom stereocenters. The highest BCUT2D eigenvalue weighted by Gasteiger charge is 2.31. The number of hydrogen-bond acceptors (Lipinski definition) is 5. The van der Waals surface area contributed by atoms with Crippen LogP contribution in [0.1, 0.15) is 33.2 Å². The standard InChI is InChI=1S/C14H14O5/c1-4-7-10(18-2)5-8-12(14(7)17)9(15)6-11(19-3)13(8)16/h5-6,17H,4H2,1-3H3. The quantitative estimate of drug-likeness (QED) is 0.900. The number of hydrogen-bond donors (Lipinski definition) is 1. The lowest BCUT2D eigenvalue weighted by molar-refractivity contribution is 0.0914. The molecule has 0 unspecified atom stereocenters. The summed E-state index contributed by atoms with van der Waals surface area (Å²) in [6.45, 7) is 1.83. The van der Waals surface area contributed by atoms with Gasteiger partial charge in [-0.1, -0.05) is 6.92 Å². The Hall–Kier alpha value is -2.30. The summed E-state index contributed by atoms with van der Waals surface area (Å²) in [5, 5.41) is 10.2. The molecule has 19 heavy (non-hydrogen) atoms. The Kier molecular flexibility index (Phi) is 3.29. The van der Waals surface area contributed by atoms with Gasteiger partial charge in [-0.2, -0.15) is 0 Å². The molecule has 0 aliphatic heterocycles. The first-order chi connectivity index (χ1) is 9.04. The number of rotatable bonds is 3. The topological polar surface area (TPSA) is 72.8 Å². The van der Waals surface area contributed by atoms with Crippen LogP contribution in [0.4, 0.5) is 0 Å². The van der Waals surface area contributed by atoms with Crippen molar-refractivity contribution in [1.82, 2.24) is 0 Å². The molecule has 0 fully saturated rings. The van der Waals surface area contributed by atoms with E-state index in [1.54, 1.807) is 0 Å². The van der Waals surface area contributed by atoms with Gasteiger partial charge >= 0.3 is 0 Å². The van der Waals surface area contributed by atoms with Crippen LogP contribution in [0.25, 0.3) is 0 Å². The maximum atomic E-state index is 12.1. The molecular formula is C14H14O5. The van der Waals surface area contributed by atoms with Crippen LogP contribution in [-0.2, 0) is 11.2 Å². The van der Waals surface area contributed by atoms with Crippen molar-refractivity contribution in [1.29, 1.82) is 0 Å². The molecule has 1 aromatic rings. The minimum Gasteiger partial charge on any atom is -0.507 e. The smallest absolute Gasteiger partial charge is 0.228 e. The summed E-state index contributed by atoms with van der Waals surface area (Å²) in [5.74, 6) is -0.725. The Morgan fingerprint density at radius 3 is 2.42 bits per heavy atom. The van der Waals surface area contributed by atoms with Gasteiger partial charge < -0.3 is 14.6 Å². The van der Waals surface area contributed by atoms with Gasteiger partial charge in [-0.3, -0.25) is 9.59 Å². The van der Waals surface area contributed by atoms with Crippen molar-refractivity contribution in [2.45, 2.75) is 13.3 Å². The fraction of sp³-hybridized carbons (Fsp3) is 0.286. The van der Waals surface area contributed by atoms with Gasteiger partial charge in [-0.15, -0.1) is 0 Å². The molecule has 0 saturated carbocycles. The molecule has 0 bridgehead atoms. The monoisotopic (exact) mass is 262 g/mol. The van der Waals surface area contributed by atoms with Crippen molar-refractivity contribution in [3.63, 3.8) is 0 Å². The summed E-state index contributed by atoms with van der Waals surface area (Å²) in [6, 6.07) is 1.47. The van der Waals surface area contributed by atoms with Gasteiger partial charge in [-0.25, -0.2) is 0 Å². The van der Waals surface area contributed by atoms with Gasteiger partial charge in [0.15, 0.2) is 11.5 Å². The van der Waals surface area contributed by atoms with E-state index in [4.69, 9.17) is 9.47 Å². The summed E-state index contributed by atoms with van der Waals surface area (Å²) < 4.78 is 10.0. The molecule has 1 N–H and O–H groups in total. The third-order valence-electron chi connectivity index (χ3n) is 3.14. The van der Waals surface area contributed by atoms with Crippen molar-refractivity contribution in [3.05, 3.63) is 34.6 Å². The Bertz CT molecular complexity index is 598. The fourth-order valence-corrected chi connectivity index (χ4v) is 2.18. The van der Waals surface area contributed by atoms with E-state index >= 15 is 0 Å². The lowest BCUT2D eigenvalue weighted by atomic mass is 9.89. The van der Waals surface area contributed by atoms with E-state index in [-0.39, 0.29) is 22.6 Å². The number of benzene rings is 1. The number of methoxy groups -OCH3 is 2. The van der Waals surface area contributed by atoms with E-state index < -0.39 is 11.6 Å². The van der Waals surface area contributed by atoms with E-state index in [0.29, 0.717) is 17.7 Å². The Labute approximate surface area is 110 Å². The van der Waals surface area contributed by atoms with E-state index in [1.807, 2.05) is 6.92 Å². The molecule has 0 spiro atoms. The highest BCUT2D eigenvalue weighted by Crippen LogP contribution is 2.38. The molecule has 1 aliphatic rings. The van der Waals surface area contributed by atoms with Crippen LogP contribution < -0.4 is 4.74 Å². The second kappa shape index (κ2) is 4.76. The molecule has 5 heteroatoms. The predicted molar refractivity (Wildman–Crippen MR) is 67.8 cm³/mol. The number of carbonyl (C=O) groups is 2. The summed E-state index contributed by atoms with van der Waals surface area (Å²) in [7, 11) is 2.77. The third kappa shape index (κ3) is 1.87. The first kappa shape index (κ1) is 13.1. The highest BCUT2D eigenvalue weighted by molar-refractivity contribution is 6.25. The van der Waals surface area contributed by atoms with Crippen molar-refractivity contribution in [2.24, 2.45) is 0 Å². The maximum absolute atomic E-state index is 12.1. The molecule has 0 aromatic heterocycles. The van der Waals surface area contributed by atoms with Gasteiger partial charge in [0.25, 0.3) is 0 Å². The summed E-state index contributed by atoms with van der Waals surface area (Å²) in [6.07, 6.45) is 1.58. The maximum Gasteiger partial charge on any atom is 0.228 e. The number of ether oxygens (including phenoxy) is 2. The summed E-state index contributed by atoms with van der Waals surface area (Å²) >= 11 is 0. The first-order valence-electron chi connectivity index (χ1n) is 5.82. The second-order valence-electron chi connectivity index (χ2n) is 4.09. The Morgan fingerprint density at radius 1 is 1.21 bits per heavy atom. The number of carbonyl (C=O) groups excluding carboxylic acids is 2. The Morgan fingerprint density at radius 2 is 1.89 bits per heavy atom. The Balaban J connectivity index is 2.75. The summed E-state index contributed by atoms with van der Waals surface area (Å²) in [5.41, 5.74) is 0.635. The molecule has 0 amide bonds. The fourth-order valence-electron chi connectivity index (χ4n) is 2.18. The second-order valence-corrected chi connectivity index (χ2v) is 4.09. The average molecular weight is 262 g/mol. The molecule has 100 valence electrons. The van der Waals surface area contributed by atoms with Crippen LogP contribution in [0.3, 0.4) is 0 Å². The predicted octanol–water partition coefficient (Wildman–Crippen LogP) is 1.87. The largest absolute Gasteiger partial charge is 0.507 e. The van der Waals surface area contributed by atoms with Gasteiger partial charge in [0.1, 0.15) is 11.5 Å². The number of fused-ring (bicyclic) bond motifs is 1. The molecule has 0 saturated heterocycles. The lowest BCUT2D eigenvalue weighted by Gasteiger charge is -2.19. The normalized spacial score (nSPS) is 13.9. The third-order valence-corrected chi connectivity index (χ3v) is 3.14. The van der Waals surface area contributed by atoms with E-state index in [1.165, 1.54) is 20.3 Å². The molecule has 2 rings (SSSR count). The summed E-state index contributed by atoms with van der Waals surface area (Å²) in [4.78, 5) is 24.1. The van der Waals surface area contributed by atoms with Crippen LogP contribution in [0.2, 0.25) is 0 Å². The van der Waals surface area contributed by atoms with Gasteiger partial charge in [0, 0.05) is 17.2 Å². The van der Waals surface area contributed by atoms with E-state index in [9.17, 15) is 14.7 Å². The van der Waals surface area contributed by atoms with Crippen molar-refractivity contribution >= 4 is 11.6 Å². The molecule has 0 heterocycles. The molecule has 1 aromatic carbocycles. The molecule has 0 radical (unpaired) electrons. The van der Waals surface area contributed by atoms with E-state index in [2.05, 4.69) is 0 Å². The highest BCUT2D eigenvalue weighted by atomic mass is 16.5. The van der Waals surface area contributed by atoms with Gasteiger partial charge in [0.2, 0.25) is 5.78 Å². The zero-order chi connectivity index (χ0) is 14.2. The van der Waals surface area contributed by atoms with Crippen LogP contribution in [-0.4, -0.2) is 30.9 Å². The lowest BCUT2D eigenvalue weighted by Crippen LogP contribution is -2.19. The number of Topliss-reactive ketones (excluding diaryl/α,β-unsaturated/α-hetero) is 1. The average Bonchev–Trinajstić information content (AvgIpc) is 2.41. The first-order valence-corrected chi connectivity index (χ1v) is 5.82. The van der Waals surface area contributed by atoms with Crippen LogP contribution in [0.5, 0.6) is 11.5 Å².